The highest BCUT2D eigenvalue weighted by Crippen LogP contribution is 1.98. The quantitative estimate of drug-likeness (QED) is 0.314. The minimum absolute atomic E-state index is 0.272. The van der Waals surface area contributed by atoms with Crippen molar-refractivity contribution in [2.45, 2.75) is 26.2 Å². The van der Waals surface area contributed by atoms with E-state index in [-0.39, 0.29) is 12.4 Å². The van der Waals surface area contributed by atoms with Gasteiger partial charge in [-0.3, -0.25) is 15.1 Å². The maximum absolute atomic E-state index is 13.3. The van der Waals surface area contributed by atoms with Crippen molar-refractivity contribution in [2.75, 3.05) is 13.7 Å². The molecule has 0 aliphatic heterocycles. The van der Waals surface area contributed by atoms with Crippen LogP contribution in [-0.2, 0) is 9.53 Å². The van der Waals surface area contributed by atoms with Gasteiger partial charge in [-0.25, -0.2) is 9.18 Å². The summed E-state index contributed by atoms with van der Waals surface area (Å²) < 4.78 is 18.1. The number of nitrogens with one attached hydrogen (secondary N) is 2. The fraction of sp³-hybridized carbons (Fsp3) is 0.545. The molecule has 0 aliphatic rings. The van der Waals surface area contributed by atoms with Crippen LogP contribution in [0.3, 0.4) is 0 Å². The number of rotatable bonds is 7. The molecule has 0 aromatic carbocycles. The van der Waals surface area contributed by atoms with E-state index in [4.69, 9.17) is 4.74 Å². The zero-order valence-electron chi connectivity index (χ0n) is 10.5. The molecule has 0 spiro atoms. The van der Waals surface area contributed by atoms with Crippen molar-refractivity contribution in [1.29, 1.82) is 0 Å². The van der Waals surface area contributed by atoms with Crippen LogP contribution in [0.4, 0.5) is 9.18 Å². The van der Waals surface area contributed by atoms with Crippen LogP contribution >= 0.6 is 0 Å². The van der Waals surface area contributed by atoms with Gasteiger partial charge in [-0.05, 0) is 6.42 Å². The van der Waals surface area contributed by atoms with Crippen LogP contribution in [0, 0.1) is 0 Å². The molecule has 0 fully saturated rings. The second-order valence-corrected chi connectivity index (χ2v) is 3.32. The molecule has 0 saturated heterocycles. The Bertz CT molecular complexity index is 329. The fourth-order valence-corrected chi connectivity index (χ4v) is 1.05. The fourth-order valence-electron chi connectivity index (χ4n) is 1.05. The topological polar surface area (TPSA) is 79.8 Å². The Morgan fingerprint density at radius 1 is 1.44 bits per heavy atom. The molecule has 0 heterocycles. The van der Waals surface area contributed by atoms with Crippen LogP contribution in [0.2, 0.25) is 0 Å². The predicted octanol–water partition coefficient (Wildman–Crippen LogP) is 1.49. The van der Waals surface area contributed by atoms with Crippen molar-refractivity contribution in [1.82, 2.24) is 10.6 Å². The number of alkyl carbamates (subject to hydrolysis) is 1. The summed E-state index contributed by atoms with van der Waals surface area (Å²) in [6.07, 6.45) is 3.04. The van der Waals surface area contributed by atoms with Crippen molar-refractivity contribution in [3.8, 4) is 0 Å². The normalized spacial score (nSPS) is 11.9. The second kappa shape index (κ2) is 10.2. The summed E-state index contributed by atoms with van der Waals surface area (Å²) in [4.78, 5) is 24.8. The van der Waals surface area contributed by atoms with Crippen LogP contribution in [0.15, 0.2) is 17.0 Å². The van der Waals surface area contributed by atoms with Gasteiger partial charge in [-0.2, -0.15) is 0 Å². The maximum atomic E-state index is 13.3. The van der Waals surface area contributed by atoms with E-state index in [1.54, 1.807) is 0 Å². The first kappa shape index (κ1) is 16.1. The van der Waals surface area contributed by atoms with E-state index in [0.29, 0.717) is 6.41 Å². The van der Waals surface area contributed by atoms with Gasteiger partial charge in [-0.1, -0.05) is 19.8 Å². The molecule has 0 radical (unpaired) electrons. The first-order valence-corrected chi connectivity index (χ1v) is 5.62. The Morgan fingerprint density at radius 3 is 2.72 bits per heavy atom. The van der Waals surface area contributed by atoms with Crippen molar-refractivity contribution in [2.24, 2.45) is 4.99 Å². The molecule has 6 nitrogen and oxygen atoms in total. The molecule has 0 rings (SSSR count). The first-order valence-electron chi connectivity index (χ1n) is 5.62. The number of carbonyl (C=O) groups excluding carboxylic acids is 2. The van der Waals surface area contributed by atoms with Gasteiger partial charge in [0.1, 0.15) is 0 Å². The van der Waals surface area contributed by atoms with Crippen LogP contribution in [0.5, 0.6) is 0 Å². The van der Waals surface area contributed by atoms with Crippen molar-refractivity contribution in [3.05, 3.63) is 12.0 Å². The predicted molar refractivity (Wildman–Crippen MR) is 65.8 cm³/mol. The summed E-state index contributed by atoms with van der Waals surface area (Å²) in [6, 6.07) is 0. The standard InChI is InChI=1S/C11H18FN3O3/c1-3-4-5-6-18-11(17)15-10(13-2)9(12)7-14-8-16/h7-8H,3-6H2,1-2H3,(H,14,16)(H,13,15,17)/b9-7+. The van der Waals surface area contributed by atoms with Gasteiger partial charge in [0, 0.05) is 13.2 Å². The van der Waals surface area contributed by atoms with Gasteiger partial charge in [-0.15, -0.1) is 0 Å². The molecule has 0 atom stereocenters. The number of nitrogens with zero attached hydrogens (tertiary/aromatic N) is 1. The molecular weight excluding hydrogens is 241 g/mol. The van der Waals surface area contributed by atoms with Gasteiger partial charge in [0.05, 0.1) is 6.61 Å². The summed E-state index contributed by atoms with van der Waals surface area (Å²) in [7, 11) is 1.31. The summed E-state index contributed by atoms with van der Waals surface area (Å²) >= 11 is 0. The number of halogens is 1. The minimum Gasteiger partial charge on any atom is -0.449 e. The van der Waals surface area contributed by atoms with Gasteiger partial charge in [0.25, 0.3) is 0 Å². The third kappa shape index (κ3) is 7.37. The Hall–Kier alpha value is -1.92. The molecule has 0 unspecified atom stereocenters. The Labute approximate surface area is 105 Å². The number of amidine groups is 1. The van der Waals surface area contributed by atoms with E-state index in [0.717, 1.165) is 25.5 Å². The lowest BCUT2D eigenvalue weighted by Crippen LogP contribution is -2.32. The van der Waals surface area contributed by atoms with Gasteiger partial charge >= 0.3 is 6.09 Å². The smallest absolute Gasteiger partial charge is 0.412 e. The molecule has 0 saturated carbocycles. The molecular formula is C11H18FN3O3. The number of aliphatic imine (C=N–C) groups is 1. The monoisotopic (exact) mass is 259 g/mol. The Morgan fingerprint density at radius 2 is 2.17 bits per heavy atom. The third-order valence-electron chi connectivity index (χ3n) is 1.93. The van der Waals surface area contributed by atoms with Crippen molar-refractivity contribution in [3.63, 3.8) is 0 Å². The van der Waals surface area contributed by atoms with Crippen LogP contribution in [0.25, 0.3) is 0 Å². The SMILES string of the molecule is CCCCCOC(=O)NC(=NC)/C(F)=C\NC=O. The minimum atomic E-state index is -0.866. The summed E-state index contributed by atoms with van der Waals surface area (Å²) in [5, 5.41) is 4.15. The number of hydrogen-bond donors (Lipinski definition) is 2. The highest BCUT2D eigenvalue weighted by Gasteiger charge is 2.10. The lowest BCUT2D eigenvalue weighted by molar-refractivity contribution is -0.108. The summed E-state index contributed by atoms with van der Waals surface area (Å²) in [5.74, 6) is -1.17. The molecule has 7 heteroatoms. The molecule has 18 heavy (non-hydrogen) atoms. The third-order valence-corrected chi connectivity index (χ3v) is 1.93. The summed E-state index contributed by atoms with van der Waals surface area (Å²) in [5.41, 5.74) is 0. The maximum Gasteiger partial charge on any atom is 0.412 e. The van der Waals surface area contributed by atoms with E-state index in [2.05, 4.69) is 10.3 Å². The van der Waals surface area contributed by atoms with Crippen molar-refractivity contribution < 1.29 is 18.7 Å². The van der Waals surface area contributed by atoms with E-state index in [1.807, 2.05) is 12.2 Å². The highest BCUT2D eigenvalue weighted by molar-refractivity contribution is 6.04. The molecule has 0 aromatic heterocycles. The zero-order chi connectivity index (χ0) is 13.8. The Balaban J connectivity index is 4.13. The van der Waals surface area contributed by atoms with Gasteiger partial charge in [0.15, 0.2) is 11.7 Å². The summed E-state index contributed by atoms with van der Waals surface area (Å²) in [6.45, 7) is 2.30. The largest absolute Gasteiger partial charge is 0.449 e. The van der Waals surface area contributed by atoms with E-state index in [9.17, 15) is 14.0 Å². The molecule has 2 amide bonds. The zero-order valence-corrected chi connectivity index (χ0v) is 10.5. The number of amides is 2. The van der Waals surface area contributed by atoms with Gasteiger partial charge < -0.3 is 10.1 Å². The second-order valence-electron chi connectivity index (χ2n) is 3.32. The van der Waals surface area contributed by atoms with E-state index in [1.165, 1.54) is 7.05 Å². The molecule has 0 aliphatic carbocycles. The molecule has 0 bridgehead atoms. The number of carbonyl (C=O) groups is 2. The Kier molecular flexibility index (Phi) is 9.15. The molecule has 0 aromatic rings. The van der Waals surface area contributed by atoms with Crippen LogP contribution in [0.1, 0.15) is 26.2 Å². The molecule has 102 valence electrons. The average molecular weight is 259 g/mol. The average Bonchev–Trinajstić information content (AvgIpc) is 2.38. The molecule has 2 N–H and O–H groups in total. The van der Waals surface area contributed by atoms with Crippen LogP contribution < -0.4 is 10.6 Å². The van der Waals surface area contributed by atoms with E-state index < -0.39 is 11.9 Å². The number of hydrogen-bond acceptors (Lipinski definition) is 4. The first-order chi connectivity index (χ1) is 8.65. The highest BCUT2D eigenvalue weighted by atomic mass is 19.1. The number of unbranched alkanes of at least 4 members (excludes halogenated alkanes) is 2. The van der Waals surface area contributed by atoms with Crippen molar-refractivity contribution >= 4 is 18.3 Å². The lowest BCUT2D eigenvalue weighted by Gasteiger charge is -2.07. The van der Waals surface area contributed by atoms with Crippen LogP contribution in [-0.4, -0.2) is 32.0 Å². The number of ether oxygens (including phenoxy) is 1. The van der Waals surface area contributed by atoms with Gasteiger partial charge in [0.2, 0.25) is 6.41 Å². The lowest BCUT2D eigenvalue weighted by atomic mass is 10.3. The van der Waals surface area contributed by atoms with E-state index >= 15 is 0 Å².